The third-order valence-corrected chi connectivity index (χ3v) is 7.70. The first-order valence-electron chi connectivity index (χ1n) is 10.6. The molecular formula is C20H32N6O3S. The number of carbonyl (C=O) groups is 1. The molecule has 166 valence electrons. The van der Waals surface area contributed by atoms with Crippen LogP contribution >= 0.6 is 0 Å². The second-order valence-corrected chi connectivity index (χ2v) is 9.80. The molecule has 0 aromatic carbocycles. The lowest BCUT2D eigenvalue weighted by Crippen LogP contribution is -2.45. The van der Waals surface area contributed by atoms with Gasteiger partial charge in [-0.1, -0.05) is 0 Å². The fourth-order valence-electron chi connectivity index (χ4n) is 3.96. The van der Waals surface area contributed by atoms with Crippen LogP contribution in [0.3, 0.4) is 0 Å². The van der Waals surface area contributed by atoms with Crippen molar-refractivity contribution in [2.75, 3.05) is 13.1 Å². The fraction of sp³-hybridized carbons (Fsp3) is 0.650. The van der Waals surface area contributed by atoms with Crippen molar-refractivity contribution in [3.05, 3.63) is 29.3 Å². The normalized spacial score (nSPS) is 19.0. The number of carbonyl (C=O) groups excluding carboxylic acids is 1. The average molecular weight is 437 g/mol. The van der Waals surface area contributed by atoms with Gasteiger partial charge in [-0.3, -0.25) is 14.2 Å². The predicted octanol–water partition coefficient (Wildman–Crippen LogP) is 2.01. The molecule has 1 saturated heterocycles. The zero-order chi connectivity index (χ0) is 22.1. The van der Waals surface area contributed by atoms with Crippen LogP contribution in [-0.2, 0) is 27.9 Å². The van der Waals surface area contributed by atoms with Crippen molar-refractivity contribution in [3.8, 4) is 0 Å². The molecule has 0 unspecified atom stereocenters. The van der Waals surface area contributed by atoms with Gasteiger partial charge in [0, 0.05) is 44.1 Å². The highest BCUT2D eigenvalue weighted by Crippen LogP contribution is 2.26. The van der Waals surface area contributed by atoms with E-state index < -0.39 is 10.0 Å². The van der Waals surface area contributed by atoms with E-state index in [0.29, 0.717) is 31.6 Å². The Balaban J connectivity index is 1.71. The van der Waals surface area contributed by atoms with Crippen molar-refractivity contribution >= 4 is 15.9 Å². The molecule has 1 aliphatic heterocycles. The molecule has 3 rings (SSSR count). The number of piperidine rings is 1. The van der Waals surface area contributed by atoms with Crippen LogP contribution in [0.5, 0.6) is 0 Å². The Hall–Kier alpha value is -2.20. The lowest BCUT2D eigenvalue weighted by Gasteiger charge is -2.31. The Labute approximate surface area is 178 Å². The number of sulfonamides is 1. The first-order valence-corrected chi connectivity index (χ1v) is 12.0. The highest BCUT2D eigenvalue weighted by Gasteiger charge is 2.35. The summed E-state index contributed by atoms with van der Waals surface area (Å²) in [6.45, 7) is 11.5. The van der Waals surface area contributed by atoms with Gasteiger partial charge in [0.1, 0.15) is 4.90 Å². The minimum absolute atomic E-state index is 0.118. The van der Waals surface area contributed by atoms with Crippen molar-refractivity contribution in [1.82, 2.24) is 29.2 Å². The van der Waals surface area contributed by atoms with E-state index in [0.717, 1.165) is 17.8 Å². The number of rotatable bonds is 7. The van der Waals surface area contributed by atoms with Crippen LogP contribution < -0.4 is 5.32 Å². The number of nitrogens with one attached hydrogen (secondary N) is 1. The maximum Gasteiger partial charge on any atom is 0.246 e. The van der Waals surface area contributed by atoms with Gasteiger partial charge in [0.2, 0.25) is 15.9 Å². The zero-order valence-corrected chi connectivity index (χ0v) is 19.2. The quantitative estimate of drug-likeness (QED) is 0.715. The van der Waals surface area contributed by atoms with Gasteiger partial charge in [0.15, 0.2) is 0 Å². The first-order chi connectivity index (χ1) is 14.2. The van der Waals surface area contributed by atoms with E-state index in [4.69, 9.17) is 0 Å². The Kier molecular flexibility index (Phi) is 6.66. The van der Waals surface area contributed by atoms with Crippen LogP contribution in [0.25, 0.3) is 0 Å². The molecular weight excluding hydrogens is 404 g/mol. The van der Waals surface area contributed by atoms with Crippen LogP contribution in [0.4, 0.5) is 0 Å². The molecule has 2 atom stereocenters. The highest BCUT2D eigenvalue weighted by atomic mass is 32.2. The monoisotopic (exact) mass is 436 g/mol. The van der Waals surface area contributed by atoms with Crippen molar-refractivity contribution in [1.29, 1.82) is 0 Å². The van der Waals surface area contributed by atoms with Gasteiger partial charge in [-0.25, -0.2) is 8.42 Å². The molecule has 0 aliphatic carbocycles. The van der Waals surface area contributed by atoms with Crippen LogP contribution in [0, 0.1) is 19.8 Å². The van der Waals surface area contributed by atoms with Gasteiger partial charge in [-0.05, 0) is 47.5 Å². The molecule has 0 spiro atoms. The van der Waals surface area contributed by atoms with E-state index >= 15 is 0 Å². The Morgan fingerprint density at radius 3 is 2.40 bits per heavy atom. The van der Waals surface area contributed by atoms with E-state index in [9.17, 15) is 13.2 Å². The summed E-state index contributed by atoms with van der Waals surface area (Å²) in [5.74, 6) is -0.494. The van der Waals surface area contributed by atoms with Crippen molar-refractivity contribution in [2.24, 2.45) is 5.92 Å². The zero-order valence-electron chi connectivity index (χ0n) is 18.4. The number of aryl methyl sites for hydroxylation is 4. The fourth-order valence-corrected chi connectivity index (χ4v) is 5.65. The standard InChI is InChI=1S/C20H32N6O3S/c1-6-24-12-18(15(4)22-24)14(3)21-20(27)17-9-8-10-26(11-17)30(28,29)19-13-25(7-2)23-16(19)5/h12-14,17H,6-11H2,1-5H3,(H,21,27)/t14-,17+/m1/s1. The summed E-state index contributed by atoms with van der Waals surface area (Å²) in [7, 11) is -3.68. The number of hydrogen-bond acceptors (Lipinski definition) is 5. The maximum atomic E-state index is 13.2. The minimum atomic E-state index is -3.68. The molecule has 0 saturated carbocycles. The molecule has 9 nitrogen and oxygen atoms in total. The van der Waals surface area contributed by atoms with Gasteiger partial charge >= 0.3 is 0 Å². The SMILES string of the molecule is CCn1cc([C@@H](C)NC(=O)[C@H]2CCCN(S(=O)(=O)c3cn(CC)nc3C)C2)c(C)n1. The van der Waals surface area contributed by atoms with Crippen molar-refractivity contribution in [3.63, 3.8) is 0 Å². The van der Waals surface area contributed by atoms with E-state index in [1.807, 2.05) is 38.6 Å². The molecule has 10 heteroatoms. The summed E-state index contributed by atoms with van der Waals surface area (Å²) >= 11 is 0. The van der Waals surface area contributed by atoms with Crippen molar-refractivity contribution < 1.29 is 13.2 Å². The lowest BCUT2D eigenvalue weighted by atomic mass is 9.98. The molecule has 2 aromatic heterocycles. The highest BCUT2D eigenvalue weighted by molar-refractivity contribution is 7.89. The molecule has 1 amide bonds. The van der Waals surface area contributed by atoms with Crippen LogP contribution in [0.1, 0.15) is 56.6 Å². The second kappa shape index (κ2) is 8.89. The summed E-state index contributed by atoms with van der Waals surface area (Å²) in [6.07, 6.45) is 4.85. The number of aromatic nitrogens is 4. The molecule has 2 aromatic rings. The van der Waals surface area contributed by atoms with Gasteiger partial charge in [0.05, 0.1) is 23.3 Å². The topological polar surface area (TPSA) is 102 Å². The Morgan fingerprint density at radius 1 is 1.17 bits per heavy atom. The van der Waals surface area contributed by atoms with Crippen LogP contribution in [0.15, 0.2) is 17.3 Å². The molecule has 1 aliphatic rings. The molecule has 30 heavy (non-hydrogen) atoms. The number of nitrogens with zero attached hydrogens (tertiary/aromatic N) is 5. The largest absolute Gasteiger partial charge is 0.349 e. The van der Waals surface area contributed by atoms with Gasteiger partial charge in [-0.2, -0.15) is 14.5 Å². The summed E-state index contributed by atoms with van der Waals surface area (Å²) in [5.41, 5.74) is 2.36. The van der Waals surface area contributed by atoms with E-state index in [-0.39, 0.29) is 29.3 Å². The Morgan fingerprint density at radius 2 is 1.80 bits per heavy atom. The minimum Gasteiger partial charge on any atom is -0.349 e. The van der Waals surface area contributed by atoms with Gasteiger partial charge in [0.25, 0.3) is 0 Å². The summed E-state index contributed by atoms with van der Waals surface area (Å²) in [5, 5.41) is 11.7. The molecule has 0 bridgehead atoms. The lowest BCUT2D eigenvalue weighted by molar-refractivity contribution is -0.126. The first kappa shape index (κ1) is 22.5. The summed E-state index contributed by atoms with van der Waals surface area (Å²) in [4.78, 5) is 13.1. The third kappa shape index (κ3) is 4.44. The Bertz CT molecular complexity index is 1010. The summed E-state index contributed by atoms with van der Waals surface area (Å²) < 4.78 is 31.2. The molecule has 3 heterocycles. The predicted molar refractivity (Wildman–Crippen MR) is 113 cm³/mol. The van der Waals surface area contributed by atoms with Gasteiger partial charge in [-0.15, -0.1) is 0 Å². The number of amides is 1. The van der Waals surface area contributed by atoms with E-state index in [2.05, 4.69) is 15.5 Å². The van der Waals surface area contributed by atoms with Crippen LogP contribution in [-0.4, -0.2) is 51.3 Å². The number of hydrogen-bond donors (Lipinski definition) is 1. The van der Waals surface area contributed by atoms with E-state index in [1.165, 1.54) is 4.31 Å². The summed E-state index contributed by atoms with van der Waals surface area (Å²) in [6, 6.07) is -0.185. The molecule has 1 N–H and O–H groups in total. The third-order valence-electron chi connectivity index (χ3n) is 5.73. The average Bonchev–Trinajstić information content (AvgIpc) is 3.30. The molecule has 0 radical (unpaired) electrons. The second-order valence-electron chi connectivity index (χ2n) is 7.89. The van der Waals surface area contributed by atoms with Gasteiger partial charge < -0.3 is 5.32 Å². The molecule has 1 fully saturated rings. The smallest absolute Gasteiger partial charge is 0.246 e. The van der Waals surface area contributed by atoms with Crippen molar-refractivity contribution in [2.45, 2.75) is 71.5 Å². The van der Waals surface area contributed by atoms with E-state index in [1.54, 1.807) is 17.8 Å². The van der Waals surface area contributed by atoms with Crippen LogP contribution in [0.2, 0.25) is 0 Å². The maximum absolute atomic E-state index is 13.2.